The number of nitrogens with zero attached hydrogens (tertiary/aromatic N) is 2. The lowest BCUT2D eigenvalue weighted by molar-refractivity contribution is -0.133. The van der Waals surface area contributed by atoms with E-state index in [1.807, 2.05) is 39.0 Å². The van der Waals surface area contributed by atoms with Crippen LogP contribution in [0, 0.1) is 0 Å². The standard InChI is InChI=1S/C26H33N3O4/c1-26(2,3)27-23(30)18-28-14-7-15-29(17-16-28)24(31)19-33-22-12-10-21(11-13-22)25(32)20-8-5-4-6-9-20/h4-6,8-13H,7,14-19H2,1-3H3,(H,27,30). The van der Waals surface area contributed by atoms with Crippen LogP contribution < -0.4 is 10.1 Å². The van der Waals surface area contributed by atoms with Crippen LogP contribution in [0.1, 0.15) is 43.1 Å². The molecule has 0 unspecified atom stereocenters. The van der Waals surface area contributed by atoms with Crippen LogP contribution in [0.2, 0.25) is 0 Å². The third-order valence-corrected chi connectivity index (χ3v) is 5.34. The Kier molecular flexibility index (Phi) is 8.22. The number of carbonyl (C=O) groups is 3. The second-order valence-corrected chi connectivity index (χ2v) is 9.32. The van der Waals surface area contributed by atoms with Gasteiger partial charge < -0.3 is 15.0 Å². The number of hydrogen-bond donors (Lipinski definition) is 1. The Morgan fingerprint density at radius 3 is 2.21 bits per heavy atom. The molecule has 33 heavy (non-hydrogen) atoms. The van der Waals surface area contributed by atoms with Crippen LogP contribution >= 0.6 is 0 Å². The summed E-state index contributed by atoms with van der Waals surface area (Å²) in [6, 6.07) is 15.9. The summed E-state index contributed by atoms with van der Waals surface area (Å²) < 4.78 is 5.67. The summed E-state index contributed by atoms with van der Waals surface area (Å²) in [7, 11) is 0. The molecule has 1 saturated heterocycles. The molecule has 1 N–H and O–H groups in total. The molecular weight excluding hydrogens is 418 g/mol. The van der Waals surface area contributed by atoms with Gasteiger partial charge >= 0.3 is 0 Å². The molecule has 0 radical (unpaired) electrons. The summed E-state index contributed by atoms with van der Waals surface area (Å²) in [6.07, 6.45) is 0.810. The van der Waals surface area contributed by atoms with Gasteiger partial charge in [0.05, 0.1) is 6.54 Å². The summed E-state index contributed by atoms with van der Waals surface area (Å²) in [6.45, 7) is 8.80. The first kappa shape index (κ1) is 24.5. The zero-order chi connectivity index (χ0) is 23.8. The van der Waals surface area contributed by atoms with Crippen molar-refractivity contribution < 1.29 is 19.1 Å². The van der Waals surface area contributed by atoms with Crippen LogP contribution in [-0.4, -0.2) is 72.3 Å². The van der Waals surface area contributed by atoms with Gasteiger partial charge in [-0.05, 0) is 51.5 Å². The van der Waals surface area contributed by atoms with Crippen LogP contribution in [0.3, 0.4) is 0 Å². The largest absolute Gasteiger partial charge is 0.484 e. The van der Waals surface area contributed by atoms with Crippen molar-refractivity contribution in [2.75, 3.05) is 39.3 Å². The Hall–Kier alpha value is -3.19. The fourth-order valence-electron chi connectivity index (χ4n) is 3.73. The monoisotopic (exact) mass is 451 g/mol. The maximum absolute atomic E-state index is 12.6. The summed E-state index contributed by atoms with van der Waals surface area (Å²) in [5.74, 6) is 0.409. The minimum absolute atomic E-state index is 0.000183. The SMILES string of the molecule is CC(C)(C)NC(=O)CN1CCCN(C(=O)COc2ccc(C(=O)c3ccccc3)cc2)CC1. The lowest BCUT2D eigenvalue weighted by Crippen LogP contribution is -2.46. The van der Waals surface area contributed by atoms with Crippen molar-refractivity contribution in [1.29, 1.82) is 0 Å². The van der Waals surface area contributed by atoms with E-state index < -0.39 is 0 Å². The molecule has 1 aliphatic heterocycles. The van der Waals surface area contributed by atoms with Gasteiger partial charge in [0.25, 0.3) is 5.91 Å². The molecule has 2 aromatic rings. The molecule has 3 rings (SSSR count). The minimum Gasteiger partial charge on any atom is -0.484 e. The molecule has 0 saturated carbocycles. The van der Waals surface area contributed by atoms with E-state index in [1.165, 1.54) is 0 Å². The fraction of sp³-hybridized carbons (Fsp3) is 0.423. The number of ketones is 1. The minimum atomic E-state index is -0.255. The van der Waals surface area contributed by atoms with Gasteiger partial charge in [-0.25, -0.2) is 0 Å². The Bertz CT molecular complexity index is 952. The number of hydrogen-bond acceptors (Lipinski definition) is 5. The first-order chi connectivity index (χ1) is 15.7. The molecule has 0 atom stereocenters. The van der Waals surface area contributed by atoms with Crippen molar-refractivity contribution in [3.05, 3.63) is 65.7 Å². The highest BCUT2D eigenvalue weighted by Gasteiger charge is 2.22. The van der Waals surface area contributed by atoms with E-state index >= 15 is 0 Å². The topological polar surface area (TPSA) is 79.0 Å². The molecule has 0 spiro atoms. The summed E-state index contributed by atoms with van der Waals surface area (Å²) in [5, 5.41) is 2.98. The third-order valence-electron chi connectivity index (χ3n) is 5.34. The number of ether oxygens (including phenoxy) is 1. The Morgan fingerprint density at radius 2 is 1.55 bits per heavy atom. The van der Waals surface area contributed by atoms with Crippen molar-refractivity contribution in [3.63, 3.8) is 0 Å². The van der Waals surface area contributed by atoms with E-state index in [4.69, 9.17) is 4.74 Å². The van der Waals surface area contributed by atoms with Gasteiger partial charge in [-0.1, -0.05) is 30.3 Å². The maximum Gasteiger partial charge on any atom is 0.260 e. The summed E-state index contributed by atoms with van der Waals surface area (Å²) in [5.41, 5.74) is 0.949. The smallest absolute Gasteiger partial charge is 0.260 e. The highest BCUT2D eigenvalue weighted by Crippen LogP contribution is 2.16. The Labute approximate surface area is 195 Å². The normalized spacial score (nSPS) is 14.9. The number of rotatable bonds is 7. The van der Waals surface area contributed by atoms with Gasteiger partial charge in [0.15, 0.2) is 12.4 Å². The van der Waals surface area contributed by atoms with E-state index in [2.05, 4.69) is 10.2 Å². The first-order valence-electron chi connectivity index (χ1n) is 11.3. The van der Waals surface area contributed by atoms with Crippen molar-refractivity contribution in [3.8, 4) is 5.75 Å². The average molecular weight is 452 g/mol. The molecule has 1 aliphatic rings. The second-order valence-electron chi connectivity index (χ2n) is 9.32. The highest BCUT2D eigenvalue weighted by molar-refractivity contribution is 6.09. The number of benzene rings is 2. The van der Waals surface area contributed by atoms with Gasteiger partial charge in [0.1, 0.15) is 5.75 Å². The average Bonchev–Trinajstić information content (AvgIpc) is 3.02. The molecule has 1 heterocycles. The van der Waals surface area contributed by atoms with Crippen molar-refractivity contribution in [2.24, 2.45) is 0 Å². The first-order valence-corrected chi connectivity index (χ1v) is 11.3. The predicted octanol–water partition coefficient (Wildman–Crippen LogP) is 2.75. The highest BCUT2D eigenvalue weighted by atomic mass is 16.5. The van der Waals surface area contributed by atoms with E-state index in [0.29, 0.717) is 43.1 Å². The number of amides is 2. The van der Waals surface area contributed by atoms with E-state index in [9.17, 15) is 14.4 Å². The zero-order valence-corrected chi connectivity index (χ0v) is 19.7. The predicted molar refractivity (Wildman–Crippen MR) is 127 cm³/mol. The second kappa shape index (κ2) is 11.1. The molecular formula is C26H33N3O4. The van der Waals surface area contributed by atoms with Crippen LogP contribution in [0.15, 0.2) is 54.6 Å². The molecule has 2 amide bonds. The Morgan fingerprint density at radius 1 is 0.879 bits per heavy atom. The van der Waals surface area contributed by atoms with E-state index in [0.717, 1.165) is 13.0 Å². The van der Waals surface area contributed by atoms with Gasteiger partial charge in [-0.2, -0.15) is 0 Å². The molecule has 0 aromatic heterocycles. The lowest BCUT2D eigenvalue weighted by Gasteiger charge is -2.25. The van der Waals surface area contributed by atoms with Crippen molar-refractivity contribution >= 4 is 17.6 Å². The van der Waals surface area contributed by atoms with Crippen LogP contribution in [0.5, 0.6) is 5.75 Å². The van der Waals surface area contributed by atoms with Crippen LogP contribution in [0.4, 0.5) is 0 Å². The van der Waals surface area contributed by atoms with Crippen LogP contribution in [-0.2, 0) is 9.59 Å². The molecule has 7 heteroatoms. The van der Waals surface area contributed by atoms with Gasteiger partial charge in [-0.3, -0.25) is 19.3 Å². The maximum atomic E-state index is 12.6. The molecule has 7 nitrogen and oxygen atoms in total. The molecule has 0 bridgehead atoms. The molecule has 0 aliphatic carbocycles. The summed E-state index contributed by atoms with van der Waals surface area (Å²) >= 11 is 0. The van der Waals surface area contributed by atoms with Crippen LogP contribution in [0.25, 0.3) is 0 Å². The Balaban J connectivity index is 1.46. The van der Waals surface area contributed by atoms with E-state index in [-0.39, 0.29) is 29.7 Å². The third kappa shape index (κ3) is 7.71. The number of nitrogens with one attached hydrogen (secondary N) is 1. The van der Waals surface area contributed by atoms with Crippen molar-refractivity contribution in [2.45, 2.75) is 32.7 Å². The number of carbonyl (C=O) groups excluding carboxylic acids is 3. The summed E-state index contributed by atoms with van der Waals surface area (Å²) in [4.78, 5) is 41.2. The quantitative estimate of drug-likeness (QED) is 0.655. The zero-order valence-electron chi connectivity index (χ0n) is 19.7. The van der Waals surface area contributed by atoms with Crippen molar-refractivity contribution in [1.82, 2.24) is 15.1 Å². The van der Waals surface area contributed by atoms with E-state index in [1.54, 1.807) is 41.3 Å². The molecule has 2 aromatic carbocycles. The van der Waals surface area contributed by atoms with Gasteiger partial charge in [0, 0.05) is 42.8 Å². The van der Waals surface area contributed by atoms with Gasteiger partial charge in [0.2, 0.25) is 5.91 Å². The molecule has 1 fully saturated rings. The van der Waals surface area contributed by atoms with Gasteiger partial charge in [-0.15, -0.1) is 0 Å². The lowest BCUT2D eigenvalue weighted by atomic mass is 10.0. The molecule has 176 valence electrons. The fourth-order valence-corrected chi connectivity index (χ4v) is 3.73.